The number of pyridine rings is 1. The maximum Gasteiger partial charge on any atom is 0.325 e. The molecule has 1 saturated heterocycles. The van der Waals surface area contributed by atoms with Crippen LogP contribution in [-0.2, 0) is 0 Å². The Bertz CT molecular complexity index is 813. The van der Waals surface area contributed by atoms with Gasteiger partial charge in [-0.15, -0.1) is 0 Å². The van der Waals surface area contributed by atoms with Crippen LogP contribution in [0.15, 0.2) is 36.5 Å². The van der Waals surface area contributed by atoms with Crippen molar-refractivity contribution in [3.63, 3.8) is 0 Å². The first kappa shape index (κ1) is 17.2. The Morgan fingerprint density at radius 3 is 2.72 bits per heavy atom. The van der Waals surface area contributed by atoms with Crippen LogP contribution in [0, 0.1) is 5.82 Å². The Morgan fingerprint density at radius 2 is 2.12 bits per heavy atom. The van der Waals surface area contributed by atoms with E-state index in [0.717, 1.165) is 6.07 Å². The van der Waals surface area contributed by atoms with Crippen molar-refractivity contribution in [2.45, 2.75) is 6.92 Å². The largest absolute Gasteiger partial charge is 0.325 e. The minimum absolute atomic E-state index is 0.0319. The third-order valence-corrected chi connectivity index (χ3v) is 4.25. The first-order chi connectivity index (χ1) is 12.0. The molecule has 0 unspecified atom stereocenters. The SMILES string of the molecule is CCN1CCN(c2ccc(NC(=O)c3ccc(F)cc3Cl)cn2)C1=O. The summed E-state index contributed by atoms with van der Waals surface area (Å²) in [7, 11) is 0. The number of carbonyl (C=O) groups excluding carboxylic acids is 2. The lowest BCUT2D eigenvalue weighted by molar-refractivity contribution is 0.102. The van der Waals surface area contributed by atoms with E-state index in [1.165, 1.54) is 18.3 Å². The predicted octanol–water partition coefficient (Wildman–Crippen LogP) is 3.39. The first-order valence-corrected chi connectivity index (χ1v) is 8.16. The molecule has 0 saturated carbocycles. The monoisotopic (exact) mass is 362 g/mol. The average Bonchev–Trinajstić information content (AvgIpc) is 2.96. The molecule has 0 aliphatic carbocycles. The van der Waals surface area contributed by atoms with Gasteiger partial charge in [-0.05, 0) is 37.3 Å². The zero-order valence-corrected chi connectivity index (χ0v) is 14.3. The molecular formula is C17H16ClFN4O2. The van der Waals surface area contributed by atoms with Crippen molar-refractivity contribution in [3.05, 3.63) is 52.9 Å². The summed E-state index contributed by atoms with van der Waals surface area (Å²) in [5.74, 6) is -0.448. The predicted molar refractivity (Wildman–Crippen MR) is 93.6 cm³/mol. The molecule has 0 bridgehead atoms. The van der Waals surface area contributed by atoms with Crippen LogP contribution in [0.5, 0.6) is 0 Å². The van der Waals surface area contributed by atoms with Gasteiger partial charge in [-0.25, -0.2) is 14.2 Å². The van der Waals surface area contributed by atoms with Gasteiger partial charge in [0, 0.05) is 19.6 Å². The van der Waals surface area contributed by atoms with E-state index in [0.29, 0.717) is 31.1 Å². The van der Waals surface area contributed by atoms with E-state index in [1.54, 1.807) is 21.9 Å². The molecule has 25 heavy (non-hydrogen) atoms. The molecule has 8 heteroatoms. The van der Waals surface area contributed by atoms with Crippen molar-refractivity contribution in [1.29, 1.82) is 0 Å². The van der Waals surface area contributed by atoms with Gasteiger partial charge in [0.1, 0.15) is 11.6 Å². The maximum atomic E-state index is 13.1. The van der Waals surface area contributed by atoms with Crippen molar-refractivity contribution >= 4 is 35.0 Å². The molecule has 1 N–H and O–H groups in total. The Kier molecular flexibility index (Phi) is 4.85. The molecule has 130 valence electrons. The van der Waals surface area contributed by atoms with Crippen molar-refractivity contribution in [1.82, 2.24) is 9.88 Å². The van der Waals surface area contributed by atoms with Gasteiger partial charge < -0.3 is 10.2 Å². The van der Waals surface area contributed by atoms with E-state index in [-0.39, 0.29) is 16.6 Å². The number of benzene rings is 1. The molecule has 1 aliphatic rings. The van der Waals surface area contributed by atoms with Crippen LogP contribution in [0.1, 0.15) is 17.3 Å². The summed E-state index contributed by atoms with van der Waals surface area (Å²) in [6.07, 6.45) is 1.46. The van der Waals surface area contributed by atoms with E-state index >= 15 is 0 Å². The molecule has 0 radical (unpaired) electrons. The van der Waals surface area contributed by atoms with E-state index in [4.69, 9.17) is 11.6 Å². The van der Waals surface area contributed by atoms with E-state index < -0.39 is 11.7 Å². The van der Waals surface area contributed by atoms with Gasteiger partial charge in [-0.3, -0.25) is 9.69 Å². The highest BCUT2D eigenvalue weighted by Crippen LogP contribution is 2.21. The summed E-state index contributed by atoms with van der Waals surface area (Å²) >= 11 is 5.88. The number of halogens is 2. The number of aromatic nitrogens is 1. The van der Waals surface area contributed by atoms with Crippen LogP contribution in [0.3, 0.4) is 0 Å². The van der Waals surface area contributed by atoms with Gasteiger partial charge in [0.2, 0.25) is 0 Å². The summed E-state index contributed by atoms with van der Waals surface area (Å²) in [5, 5.41) is 2.68. The number of nitrogens with zero attached hydrogens (tertiary/aromatic N) is 3. The number of amides is 3. The molecule has 0 atom stereocenters. The minimum atomic E-state index is -0.510. The second kappa shape index (κ2) is 7.06. The number of hydrogen-bond acceptors (Lipinski definition) is 3. The van der Waals surface area contributed by atoms with Crippen molar-refractivity contribution in [2.75, 3.05) is 29.9 Å². The normalized spacial score (nSPS) is 14.1. The van der Waals surface area contributed by atoms with Crippen molar-refractivity contribution in [3.8, 4) is 0 Å². The number of carbonyl (C=O) groups is 2. The fraction of sp³-hybridized carbons (Fsp3) is 0.235. The van der Waals surface area contributed by atoms with E-state index in [2.05, 4.69) is 10.3 Å². The Balaban J connectivity index is 1.71. The van der Waals surface area contributed by atoms with Gasteiger partial charge >= 0.3 is 6.03 Å². The van der Waals surface area contributed by atoms with Crippen LogP contribution in [0.2, 0.25) is 5.02 Å². The molecule has 3 rings (SSSR count). The topological polar surface area (TPSA) is 65.5 Å². The average molecular weight is 363 g/mol. The van der Waals surface area contributed by atoms with Gasteiger partial charge in [0.15, 0.2) is 0 Å². The summed E-state index contributed by atoms with van der Waals surface area (Å²) in [6.45, 7) is 3.82. The number of nitrogens with one attached hydrogen (secondary N) is 1. The van der Waals surface area contributed by atoms with Gasteiger partial charge in [0.05, 0.1) is 22.5 Å². The first-order valence-electron chi connectivity index (χ1n) is 7.78. The molecule has 1 aromatic carbocycles. The summed E-state index contributed by atoms with van der Waals surface area (Å²) in [5.41, 5.74) is 0.619. The zero-order chi connectivity index (χ0) is 18.0. The number of likely N-dealkylation sites (N-methyl/N-ethyl adjacent to an activating group) is 1. The van der Waals surface area contributed by atoms with E-state index in [9.17, 15) is 14.0 Å². The standard InChI is InChI=1S/C17H16ClFN4O2/c1-2-22-7-8-23(17(22)25)15-6-4-12(10-20-15)21-16(24)13-5-3-11(19)9-14(13)18/h3-6,9-10H,2,7-8H2,1H3,(H,21,24). The van der Waals surface area contributed by atoms with Gasteiger partial charge in [-0.2, -0.15) is 0 Å². The zero-order valence-electron chi connectivity index (χ0n) is 13.5. The van der Waals surface area contributed by atoms with Crippen molar-refractivity contribution < 1.29 is 14.0 Å². The van der Waals surface area contributed by atoms with Crippen molar-refractivity contribution in [2.24, 2.45) is 0 Å². The smallest absolute Gasteiger partial charge is 0.323 e. The molecule has 2 aromatic rings. The highest BCUT2D eigenvalue weighted by molar-refractivity contribution is 6.34. The second-order valence-electron chi connectivity index (χ2n) is 5.50. The molecule has 1 aliphatic heterocycles. The van der Waals surface area contributed by atoms with Gasteiger partial charge in [0.25, 0.3) is 5.91 Å². The Hall–Kier alpha value is -2.67. The lowest BCUT2D eigenvalue weighted by Crippen LogP contribution is -2.32. The Morgan fingerprint density at radius 1 is 1.32 bits per heavy atom. The Labute approximate surface area is 149 Å². The summed E-state index contributed by atoms with van der Waals surface area (Å²) < 4.78 is 13.1. The van der Waals surface area contributed by atoms with Crippen LogP contribution >= 0.6 is 11.6 Å². The van der Waals surface area contributed by atoms with Gasteiger partial charge in [-0.1, -0.05) is 11.6 Å². The molecular weight excluding hydrogens is 347 g/mol. The molecule has 6 nitrogen and oxygen atoms in total. The third kappa shape index (κ3) is 3.56. The number of rotatable bonds is 4. The van der Waals surface area contributed by atoms with Crippen LogP contribution in [-0.4, -0.2) is 41.5 Å². The fourth-order valence-electron chi connectivity index (χ4n) is 2.58. The highest BCUT2D eigenvalue weighted by Gasteiger charge is 2.28. The second-order valence-corrected chi connectivity index (χ2v) is 5.90. The maximum absolute atomic E-state index is 13.1. The number of anilines is 2. The third-order valence-electron chi connectivity index (χ3n) is 3.93. The molecule has 0 spiro atoms. The lowest BCUT2D eigenvalue weighted by atomic mass is 10.2. The summed E-state index contributed by atoms with van der Waals surface area (Å²) in [4.78, 5) is 31.9. The van der Waals surface area contributed by atoms with Crippen LogP contribution in [0.25, 0.3) is 0 Å². The quantitative estimate of drug-likeness (QED) is 0.906. The summed E-state index contributed by atoms with van der Waals surface area (Å²) in [6, 6.07) is 6.80. The minimum Gasteiger partial charge on any atom is -0.323 e. The lowest BCUT2D eigenvalue weighted by Gasteiger charge is -2.16. The fourth-order valence-corrected chi connectivity index (χ4v) is 2.83. The molecule has 2 heterocycles. The number of hydrogen-bond donors (Lipinski definition) is 1. The highest BCUT2D eigenvalue weighted by atomic mass is 35.5. The van der Waals surface area contributed by atoms with Crippen LogP contribution in [0.4, 0.5) is 20.7 Å². The molecule has 3 amide bonds. The van der Waals surface area contributed by atoms with E-state index in [1.807, 2.05) is 6.92 Å². The number of urea groups is 1. The molecule has 1 fully saturated rings. The van der Waals surface area contributed by atoms with Crippen LogP contribution < -0.4 is 10.2 Å². The molecule has 1 aromatic heterocycles.